The van der Waals surface area contributed by atoms with E-state index in [0.717, 1.165) is 89.9 Å². The molecule has 5 nitrogen and oxygen atoms in total. The van der Waals surface area contributed by atoms with Gasteiger partial charge in [0.2, 0.25) is 0 Å². The maximum absolute atomic E-state index is 12.4. The Hall–Kier alpha value is -3.21. The summed E-state index contributed by atoms with van der Waals surface area (Å²) in [7, 11) is 0. The van der Waals surface area contributed by atoms with Crippen molar-refractivity contribution in [3.05, 3.63) is 72.4 Å². The van der Waals surface area contributed by atoms with Crippen LogP contribution in [0.2, 0.25) is 0 Å². The maximum Gasteiger partial charge on any atom is 0.311 e. The number of carbonyl (C=O) groups excluding carboxylic acids is 3. The molecule has 268 valence electrons. The lowest BCUT2D eigenvalue weighted by Crippen LogP contribution is -2.10. The van der Waals surface area contributed by atoms with Crippen LogP contribution in [0.1, 0.15) is 178 Å². The number of hydrogen-bond donors (Lipinski definition) is 0. The molecule has 1 aromatic carbocycles. The van der Waals surface area contributed by atoms with Crippen molar-refractivity contribution in [1.29, 1.82) is 0 Å². The first kappa shape index (κ1) is 42.8. The van der Waals surface area contributed by atoms with Crippen LogP contribution in [0, 0.1) is 0 Å². The predicted octanol–water partition coefficient (Wildman–Crippen LogP) is 12.9. The molecule has 0 N–H and O–H groups in total. The molecular formula is C43H66O5. The molecule has 0 aromatic heterocycles. The zero-order valence-electron chi connectivity index (χ0n) is 30.4. The van der Waals surface area contributed by atoms with Crippen LogP contribution in [0.4, 0.5) is 0 Å². The summed E-state index contributed by atoms with van der Waals surface area (Å²) in [6.45, 7) is 4.46. The van der Waals surface area contributed by atoms with Crippen LogP contribution in [0.15, 0.2) is 66.8 Å². The monoisotopic (exact) mass is 662 g/mol. The van der Waals surface area contributed by atoms with Crippen LogP contribution >= 0.6 is 0 Å². The van der Waals surface area contributed by atoms with Gasteiger partial charge in [0.1, 0.15) is 17.8 Å². The van der Waals surface area contributed by atoms with E-state index in [2.05, 4.69) is 62.5 Å². The molecule has 1 rings (SSSR count). The van der Waals surface area contributed by atoms with Gasteiger partial charge in [-0.3, -0.25) is 14.4 Å². The summed E-state index contributed by atoms with van der Waals surface area (Å²) < 4.78 is 11.0. The van der Waals surface area contributed by atoms with Crippen LogP contribution in [0.3, 0.4) is 0 Å². The highest BCUT2D eigenvalue weighted by Gasteiger charge is 2.11. The summed E-state index contributed by atoms with van der Waals surface area (Å²) in [5, 5.41) is 0. The first-order chi connectivity index (χ1) is 23.6. The number of aldehydes is 1. The van der Waals surface area contributed by atoms with Crippen molar-refractivity contribution < 1.29 is 23.9 Å². The van der Waals surface area contributed by atoms with E-state index in [-0.39, 0.29) is 23.4 Å². The van der Waals surface area contributed by atoms with E-state index in [1.807, 2.05) is 0 Å². The lowest BCUT2D eigenvalue weighted by atomic mass is 10.1. The van der Waals surface area contributed by atoms with Crippen molar-refractivity contribution in [2.75, 3.05) is 0 Å². The van der Waals surface area contributed by atoms with Gasteiger partial charge in [-0.15, -0.1) is 0 Å². The van der Waals surface area contributed by atoms with Gasteiger partial charge in [0.15, 0.2) is 0 Å². The Kier molecular flexibility index (Phi) is 28.8. The fraction of sp³-hybridized carbons (Fsp3) is 0.605. The zero-order valence-corrected chi connectivity index (χ0v) is 30.4. The fourth-order valence-corrected chi connectivity index (χ4v) is 5.31. The van der Waals surface area contributed by atoms with E-state index >= 15 is 0 Å². The van der Waals surface area contributed by atoms with Crippen LogP contribution < -0.4 is 9.47 Å². The molecule has 0 saturated heterocycles. The van der Waals surface area contributed by atoms with Gasteiger partial charge < -0.3 is 9.47 Å². The number of rotatable bonds is 31. The Balaban J connectivity index is 2.17. The lowest BCUT2D eigenvalue weighted by Gasteiger charge is -2.09. The highest BCUT2D eigenvalue weighted by atomic mass is 16.5. The van der Waals surface area contributed by atoms with Gasteiger partial charge in [0, 0.05) is 24.5 Å². The van der Waals surface area contributed by atoms with Gasteiger partial charge in [0.05, 0.1) is 0 Å². The van der Waals surface area contributed by atoms with Crippen LogP contribution in [0.25, 0.3) is 0 Å². The second-order valence-corrected chi connectivity index (χ2v) is 12.8. The standard InChI is InChI=1S/C43H66O5/c1-3-5-7-9-11-13-15-17-19-21-23-25-27-29-31-33-42(45)47-40-35-39(38-44)36-41(37-40)48-43(46)34-32-30-28-26-24-22-20-18-16-14-12-10-8-6-4-2/h11-14,17-20,35-38H,3-10,15-16,21-34H2,1-2H3. The van der Waals surface area contributed by atoms with Gasteiger partial charge in [0.25, 0.3) is 0 Å². The SMILES string of the molecule is CCCCCC=CCC=CCCCCCCCC(=O)Oc1cc(C=O)cc(OC(=O)CCCCCCCC=CCC=CCCCCC)c1. The molecule has 0 fully saturated rings. The summed E-state index contributed by atoms with van der Waals surface area (Å²) in [4.78, 5) is 36.3. The number of unbranched alkanes of at least 4 members (excludes halogenated alkanes) is 16. The largest absolute Gasteiger partial charge is 0.426 e. The zero-order chi connectivity index (χ0) is 34.8. The maximum atomic E-state index is 12.4. The molecule has 48 heavy (non-hydrogen) atoms. The Morgan fingerprint density at radius 3 is 1.21 bits per heavy atom. The molecule has 0 aliphatic carbocycles. The Labute approximate surface area is 293 Å². The van der Waals surface area contributed by atoms with Crippen LogP contribution in [0.5, 0.6) is 11.5 Å². The Bertz CT molecular complexity index is 1000. The van der Waals surface area contributed by atoms with Crippen molar-refractivity contribution in [2.24, 2.45) is 0 Å². The minimum Gasteiger partial charge on any atom is -0.426 e. The first-order valence-corrected chi connectivity index (χ1v) is 19.2. The van der Waals surface area contributed by atoms with Crippen molar-refractivity contribution in [3.8, 4) is 11.5 Å². The Morgan fingerprint density at radius 1 is 0.479 bits per heavy atom. The van der Waals surface area contributed by atoms with Crippen molar-refractivity contribution >= 4 is 18.2 Å². The number of allylic oxidation sites excluding steroid dienone is 8. The van der Waals surface area contributed by atoms with Crippen molar-refractivity contribution in [1.82, 2.24) is 0 Å². The smallest absolute Gasteiger partial charge is 0.311 e. The number of hydrogen-bond acceptors (Lipinski definition) is 5. The molecule has 0 unspecified atom stereocenters. The minimum absolute atomic E-state index is 0.229. The molecule has 0 atom stereocenters. The van der Waals surface area contributed by atoms with E-state index in [4.69, 9.17) is 9.47 Å². The molecule has 0 saturated carbocycles. The summed E-state index contributed by atoms with van der Waals surface area (Å²) in [5.74, 6) is -0.226. The summed E-state index contributed by atoms with van der Waals surface area (Å²) >= 11 is 0. The summed E-state index contributed by atoms with van der Waals surface area (Å²) in [6, 6.07) is 4.51. The average Bonchev–Trinajstić information content (AvgIpc) is 3.08. The lowest BCUT2D eigenvalue weighted by molar-refractivity contribution is -0.135. The van der Waals surface area contributed by atoms with Gasteiger partial charge in [-0.1, -0.05) is 127 Å². The van der Waals surface area contributed by atoms with E-state index in [0.29, 0.717) is 24.7 Å². The molecule has 0 radical (unpaired) electrons. The van der Waals surface area contributed by atoms with Crippen molar-refractivity contribution in [2.45, 2.75) is 168 Å². The first-order valence-electron chi connectivity index (χ1n) is 19.2. The van der Waals surface area contributed by atoms with Gasteiger partial charge in [-0.25, -0.2) is 0 Å². The highest BCUT2D eigenvalue weighted by molar-refractivity contribution is 5.79. The normalized spacial score (nSPS) is 11.8. The molecule has 0 spiro atoms. The number of ether oxygens (including phenoxy) is 2. The van der Waals surface area contributed by atoms with E-state index in [9.17, 15) is 14.4 Å². The molecule has 0 aliphatic heterocycles. The fourth-order valence-electron chi connectivity index (χ4n) is 5.31. The summed E-state index contributed by atoms with van der Waals surface area (Å²) in [5.41, 5.74) is 0.303. The number of carbonyl (C=O) groups is 3. The van der Waals surface area contributed by atoms with E-state index in [1.165, 1.54) is 69.6 Å². The average molecular weight is 663 g/mol. The number of esters is 2. The molecule has 0 bridgehead atoms. The van der Waals surface area contributed by atoms with Crippen LogP contribution in [-0.4, -0.2) is 18.2 Å². The topological polar surface area (TPSA) is 69.7 Å². The quantitative estimate of drug-likeness (QED) is 0.0260. The van der Waals surface area contributed by atoms with Gasteiger partial charge >= 0.3 is 11.9 Å². The third-order valence-electron chi connectivity index (χ3n) is 8.16. The molecule has 1 aromatic rings. The minimum atomic E-state index is -0.342. The van der Waals surface area contributed by atoms with Gasteiger partial charge in [-0.05, 0) is 89.2 Å². The third-order valence-corrected chi connectivity index (χ3v) is 8.16. The van der Waals surface area contributed by atoms with E-state index < -0.39 is 0 Å². The Morgan fingerprint density at radius 2 is 0.833 bits per heavy atom. The van der Waals surface area contributed by atoms with Gasteiger partial charge in [-0.2, -0.15) is 0 Å². The molecule has 0 amide bonds. The van der Waals surface area contributed by atoms with Crippen molar-refractivity contribution in [3.63, 3.8) is 0 Å². The third kappa shape index (κ3) is 26.8. The molecule has 0 heterocycles. The highest BCUT2D eigenvalue weighted by Crippen LogP contribution is 2.24. The van der Waals surface area contributed by atoms with E-state index in [1.54, 1.807) is 0 Å². The number of benzene rings is 1. The second kappa shape index (κ2) is 32.3. The predicted molar refractivity (Wildman–Crippen MR) is 202 cm³/mol. The molecular weight excluding hydrogens is 596 g/mol. The van der Waals surface area contributed by atoms with Crippen LogP contribution in [-0.2, 0) is 9.59 Å². The molecule has 0 aliphatic rings. The molecule has 5 heteroatoms. The summed E-state index contributed by atoms with van der Waals surface area (Å²) in [6.07, 6.45) is 44.1. The second-order valence-electron chi connectivity index (χ2n) is 12.8.